The van der Waals surface area contributed by atoms with Crippen molar-refractivity contribution in [3.63, 3.8) is 0 Å². The lowest BCUT2D eigenvalue weighted by atomic mass is 9.72. The Bertz CT molecular complexity index is 522. The Labute approximate surface area is 133 Å². The fraction of sp³-hybridized carbons (Fsp3) is 0.667. The van der Waals surface area contributed by atoms with E-state index in [1.54, 1.807) is 7.11 Å². The number of hydrogen-bond acceptors (Lipinski definition) is 4. The Balaban J connectivity index is 2.38. The largest absolute Gasteiger partial charge is 0.493 e. The van der Waals surface area contributed by atoms with Gasteiger partial charge in [-0.25, -0.2) is 0 Å². The molecule has 1 heterocycles. The zero-order valence-electron chi connectivity index (χ0n) is 14.6. The molecule has 4 heteroatoms. The molecular formula is C18H29NO3. The number of nitrogens with one attached hydrogen (secondary N) is 1. The van der Waals surface area contributed by atoms with Crippen molar-refractivity contribution >= 4 is 0 Å². The van der Waals surface area contributed by atoms with Crippen LogP contribution in [0.4, 0.5) is 0 Å². The first-order valence-electron chi connectivity index (χ1n) is 7.93. The monoisotopic (exact) mass is 307 g/mol. The molecule has 1 aromatic rings. The van der Waals surface area contributed by atoms with E-state index in [0.29, 0.717) is 0 Å². The van der Waals surface area contributed by atoms with E-state index in [4.69, 9.17) is 9.47 Å². The minimum absolute atomic E-state index is 0.173. The number of ether oxygens (including phenoxy) is 2. The molecule has 4 nitrogen and oxygen atoms in total. The molecule has 124 valence electrons. The fourth-order valence-corrected chi connectivity index (χ4v) is 3.10. The summed E-state index contributed by atoms with van der Waals surface area (Å²) in [6, 6.07) is 6.09. The fourth-order valence-electron chi connectivity index (χ4n) is 3.10. The zero-order chi connectivity index (χ0) is 16.5. The quantitative estimate of drug-likeness (QED) is 0.898. The van der Waals surface area contributed by atoms with Crippen LogP contribution in [0.5, 0.6) is 11.5 Å². The number of benzene rings is 1. The second kappa shape index (κ2) is 6.09. The molecule has 0 saturated carbocycles. The van der Waals surface area contributed by atoms with E-state index in [-0.39, 0.29) is 23.0 Å². The third-order valence-corrected chi connectivity index (χ3v) is 4.61. The number of methoxy groups -OCH3 is 1. The van der Waals surface area contributed by atoms with Crippen molar-refractivity contribution in [1.82, 2.24) is 5.32 Å². The van der Waals surface area contributed by atoms with E-state index in [1.807, 2.05) is 33.8 Å². The first-order chi connectivity index (χ1) is 10.2. The number of hydrogen-bond donors (Lipinski definition) is 2. The Morgan fingerprint density at radius 2 is 2.00 bits per heavy atom. The van der Waals surface area contributed by atoms with Gasteiger partial charge < -0.3 is 19.9 Å². The third-order valence-electron chi connectivity index (χ3n) is 4.61. The summed E-state index contributed by atoms with van der Waals surface area (Å²) < 4.78 is 11.5. The summed E-state index contributed by atoms with van der Waals surface area (Å²) in [6.07, 6.45) is -0.374. The van der Waals surface area contributed by atoms with Crippen LogP contribution in [0, 0.1) is 5.41 Å². The van der Waals surface area contributed by atoms with Gasteiger partial charge in [0.2, 0.25) is 0 Å². The molecule has 1 aromatic carbocycles. The molecule has 0 radical (unpaired) electrons. The standard InChI is InChI=1S/C18H29NO3/c1-12(20)18(5)11-19-10-14(18)13-7-8-15(21-6)16(9-13)22-17(2,3)4/h7-9,12,14,19-20H,10-11H2,1-6H3/t12?,14?,18-/m0/s1. The second-order valence-corrected chi connectivity index (χ2v) is 7.49. The molecule has 1 aliphatic rings. The van der Waals surface area contributed by atoms with Crippen LogP contribution in [0.2, 0.25) is 0 Å². The lowest BCUT2D eigenvalue weighted by Crippen LogP contribution is -2.36. The van der Waals surface area contributed by atoms with Crippen molar-refractivity contribution < 1.29 is 14.6 Å². The molecule has 2 N–H and O–H groups in total. The Hall–Kier alpha value is -1.26. The van der Waals surface area contributed by atoms with E-state index < -0.39 is 0 Å². The van der Waals surface area contributed by atoms with Crippen molar-refractivity contribution in [2.24, 2.45) is 5.41 Å². The highest BCUT2D eigenvalue weighted by Gasteiger charge is 2.43. The summed E-state index contributed by atoms with van der Waals surface area (Å²) in [5, 5.41) is 13.6. The smallest absolute Gasteiger partial charge is 0.162 e. The molecular weight excluding hydrogens is 278 g/mol. The summed E-state index contributed by atoms with van der Waals surface area (Å²) in [7, 11) is 1.65. The first kappa shape index (κ1) is 17.1. The average Bonchev–Trinajstić information content (AvgIpc) is 2.80. The lowest BCUT2D eigenvalue weighted by Gasteiger charge is -2.34. The van der Waals surface area contributed by atoms with E-state index in [0.717, 1.165) is 24.6 Å². The second-order valence-electron chi connectivity index (χ2n) is 7.49. The van der Waals surface area contributed by atoms with Crippen LogP contribution in [0.1, 0.15) is 46.1 Å². The van der Waals surface area contributed by atoms with Gasteiger partial charge in [-0.1, -0.05) is 13.0 Å². The van der Waals surface area contributed by atoms with Crippen LogP contribution in [-0.4, -0.2) is 37.0 Å². The molecule has 3 atom stereocenters. The number of aliphatic hydroxyl groups excluding tert-OH is 1. The highest BCUT2D eigenvalue weighted by molar-refractivity contribution is 5.45. The van der Waals surface area contributed by atoms with Gasteiger partial charge in [-0.05, 0) is 45.4 Å². The molecule has 22 heavy (non-hydrogen) atoms. The highest BCUT2D eigenvalue weighted by atomic mass is 16.5. The van der Waals surface area contributed by atoms with Crippen molar-refractivity contribution in [2.75, 3.05) is 20.2 Å². The Kier molecular flexibility index (Phi) is 4.73. The first-order valence-corrected chi connectivity index (χ1v) is 7.93. The van der Waals surface area contributed by atoms with E-state index in [2.05, 4.69) is 24.4 Å². The molecule has 0 bridgehead atoms. The summed E-state index contributed by atoms with van der Waals surface area (Å²) in [5.74, 6) is 1.75. The molecule has 2 unspecified atom stereocenters. The van der Waals surface area contributed by atoms with Gasteiger partial charge in [-0.15, -0.1) is 0 Å². The zero-order valence-corrected chi connectivity index (χ0v) is 14.6. The molecule has 0 amide bonds. The third kappa shape index (κ3) is 3.39. The van der Waals surface area contributed by atoms with Crippen LogP contribution in [0.3, 0.4) is 0 Å². The Morgan fingerprint density at radius 1 is 1.32 bits per heavy atom. The van der Waals surface area contributed by atoms with Crippen molar-refractivity contribution in [2.45, 2.75) is 52.2 Å². The SMILES string of the molecule is COc1ccc(C2CNC[C@@]2(C)C(C)O)cc1OC(C)(C)C. The minimum atomic E-state index is -0.374. The van der Waals surface area contributed by atoms with Gasteiger partial charge in [0.15, 0.2) is 11.5 Å². The van der Waals surface area contributed by atoms with Crippen LogP contribution in [0.25, 0.3) is 0 Å². The maximum Gasteiger partial charge on any atom is 0.162 e. The topological polar surface area (TPSA) is 50.7 Å². The molecule has 0 spiro atoms. The van der Waals surface area contributed by atoms with E-state index in [9.17, 15) is 5.11 Å². The van der Waals surface area contributed by atoms with Crippen LogP contribution >= 0.6 is 0 Å². The van der Waals surface area contributed by atoms with Gasteiger partial charge in [-0.3, -0.25) is 0 Å². The number of aliphatic hydroxyl groups is 1. The summed E-state index contributed by atoms with van der Waals surface area (Å²) in [4.78, 5) is 0. The van der Waals surface area contributed by atoms with Gasteiger partial charge >= 0.3 is 0 Å². The van der Waals surface area contributed by atoms with Crippen molar-refractivity contribution in [3.05, 3.63) is 23.8 Å². The summed E-state index contributed by atoms with van der Waals surface area (Å²) in [6.45, 7) is 11.8. The van der Waals surface area contributed by atoms with E-state index in [1.165, 1.54) is 5.56 Å². The molecule has 0 aliphatic carbocycles. The van der Waals surface area contributed by atoms with E-state index >= 15 is 0 Å². The maximum atomic E-state index is 10.2. The van der Waals surface area contributed by atoms with Crippen LogP contribution in [-0.2, 0) is 0 Å². The molecule has 1 saturated heterocycles. The maximum absolute atomic E-state index is 10.2. The van der Waals surface area contributed by atoms with Gasteiger partial charge in [0.05, 0.1) is 13.2 Å². The predicted octanol–water partition coefficient (Wildman–Crippen LogP) is 2.95. The molecule has 0 aromatic heterocycles. The van der Waals surface area contributed by atoms with Crippen molar-refractivity contribution in [1.29, 1.82) is 0 Å². The molecule has 2 rings (SSSR count). The predicted molar refractivity (Wildman–Crippen MR) is 88.8 cm³/mol. The number of rotatable bonds is 4. The van der Waals surface area contributed by atoms with Crippen molar-refractivity contribution in [3.8, 4) is 11.5 Å². The average molecular weight is 307 g/mol. The van der Waals surface area contributed by atoms with Crippen LogP contribution in [0.15, 0.2) is 18.2 Å². The Morgan fingerprint density at radius 3 is 2.55 bits per heavy atom. The molecule has 1 aliphatic heterocycles. The van der Waals surface area contributed by atoms with Gasteiger partial charge in [0.1, 0.15) is 5.60 Å². The lowest BCUT2D eigenvalue weighted by molar-refractivity contribution is 0.0547. The van der Waals surface area contributed by atoms with Gasteiger partial charge in [0.25, 0.3) is 0 Å². The summed E-state index contributed by atoms with van der Waals surface area (Å²) >= 11 is 0. The summed E-state index contributed by atoms with van der Waals surface area (Å²) in [5.41, 5.74) is 0.717. The van der Waals surface area contributed by atoms with Gasteiger partial charge in [0, 0.05) is 24.4 Å². The highest BCUT2D eigenvalue weighted by Crippen LogP contribution is 2.44. The van der Waals surface area contributed by atoms with Gasteiger partial charge in [-0.2, -0.15) is 0 Å². The normalized spacial score (nSPS) is 26.8. The minimum Gasteiger partial charge on any atom is -0.493 e. The molecule has 1 fully saturated rings. The van der Waals surface area contributed by atoms with Crippen LogP contribution < -0.4 is 14.8 Å².